The van der Waals surface area contributed by atoms with Crippen molar-refractivity contribution in [2.75, 3.05) is 18.5 Å². The number of anilines is 2. The Balaban J connectivity index is 2.04. The van der Waals surface area contributed by atoms with Gasteiger partial charge in [0, 0.05) is 6.54 Å². The van der Waals surface area contributed by atoms with Crippen LogP contribution in [0.3, 0.4) is 0 Å². The monoisotopic (exact) mass is 314 g/mol. The normalized spacial score (nSPS) is 10.4. The molecule has 0 aliphatic heterocycles. The van der Waals surface area contributed by atoms with Crippen molar-refractivity contribution in [3.63, 3.8) is 0 Å². The quantitative estimate of drug-likeness (QED) is 0.821. The summed E-state index contributed by atoms with van der Waals surface area (Å²) in [7, 11) is 0. The molecule has 0 unspecified atom stereocenters. The summed E-state index contributed by atoms with van der Waals surface area (Å²) >= 11 is 0. The number of hydrogen-bond donors (Lipinski definition) is 2. The summed E-state index contributed by atoms with van der Waals surface area (Å²) < 4.78 is 5.55. The number of benzene rings is 1. The van der Waals surface area contributed by atoms with E-state index in [9.17, 15) is 4.79 Å². The maximum atomic E-state index is 11.9. The number of rotatable bonds is 7. The lowest BCUT2D eigenvalue weighted by molar-refractivity contribution is 0.0943. The van der Waals surface area contributed by atoms with E-state index in [1.54, 1.807) is 12.1 Å². The molecule has 23 heavy (non-hydrogen) atoms. The van der Waals surface area contributed by atoms with E-state index in [4.69, 9.17) is 4.74 Å². The van der Waals surface area contributed by atoms with Crippen molar-refractivity contribution in [1.29, 1.82) is 0 Å². The summed E-state index contributed by atoms with van der Waals surface area (Å²) in [5.74, 6) is 1.48. The van der Waals surface area contributed by atoms with Crippen molar-refractivity contribution in [3.8, 4) is 5.75 Å². The minimum Gasteiger partial charge on any atom is -0.492 e. The lowest BCUT2D eigenvalue weighted by Gasteiger charge is -2.11. The van der Waals surface area contributed by atoms with Crippen LogP contribution in [0, 0.1) is 5.92 Å². The fraction of sp³-hybridized carbons (Fsp3) is 0.353. The van der Waals surface area contributed by atoms with E-state index in [0.29, 0.717) is 30.6 Å². The highest BCUT2D eigenvalue weighted by Gasteiger charge is 2.09. The molecule has 0 spiro atoms. The highest BCUT2D eigenvalue weighted by atomic mass is 16.5. The number of carbonyl (C=O) groups excluding carboxylic acids is 1. The Morgan fingerprint density at radius 1 is 1.17 bits per heavy atom. The highest BCUT2D eigenvalue weighted by molar-refractivity contribution is 5.92. The second-order valence-electron chi connectivity index (χ2n) is 5.46. The molecule has 1 aromatic heterocycles. The number of amides is 1. The van der Waals surface area contributed by atoms with Gasteiger partial charge in [0.25, 0.3) is 5.91 Å². The van der Waals surface area contributed by atoms with E-state index in [1.807, 2.05) is 45.0 Å². The minimum absolute atomic E-state index is 0.215. The molecule has 122 valence electrons. The second kappa shape index (κ2) is 8.12. The lowest BCUT2D eigenvalue weighted by atomic mass is 10.2. The number of nitrogens with one attached hydrogen (secondary N) is 2. The van der Waals surface area contributed by atoms with Crippen molar-refractivity contribution < 1.29 is 9.53 Å². The standard InChI is InChI=1S/C17H22N4O2/c1-4-23-15-8-6-5-7-13(15)19-16-10-9-14(20-21-16)17(22)18-11-12(2)3/h5-10,12H,4,11H2,1-3H3,(H,18,22)(H,19,21). The van der Waals surface area contributed by atoms with Crippen LogP contribution < -0.4 is 15.4 Å². The topological polar surface area (TPSA) is 76.1 Å². The van der Waals surface area contributed by atoms with Crippen molar-refractivity contribution in [2.45, 2.75) is 20.8 Å². The van der Waals surface area contributed by atoms with Gasteiger partial charge in [-0.1, -0.05) is 26.0 Å². The number of aromatic nitrogens is 2. The first-order valence-electron chi connectivity index (χ1n) is 7.71. The van der Waals surface area contributed by atoms with Crippen LogP contribution in [0.5, 0.6) is 5.75 Å². The van der Waals surface area contributed by atoms with Crippen LogP contribution in [0.15, 0.2) is 36.4 Å². The average molecular weight is 314 g/mol. The van der Waals surface area contributed by atoms with Gasteiger partial charge in [0.05, 0.1) is 12.3 Å². The van der Waals surface area contributed by atoms with Crippen LogP contribution in [-0.2, 0) is 0 Å². The maximum absolute atomic E-state index is 11.9. The lowest BCUT2D eigenvalue weighted by Crippen LogP contribution is -2.28. The summed E-state index contributed by atoms with van der Waals surface area (Å²) in [6, 6.07) is 11.0. The molecule has 0 bridgehead atoms. The molecular formula is C17H22N4O2. The molecule has 0 fully saturated rings. The van der Waals surface area contributed by atoms with Crippen LogP contribution in [0.4, 0.5) is 11.5 Å². The van der Waals surface area contributed by atoms with Gasteiger partial charge in [-0.05, 0) is 37.1 Å². The molecule has 0 aliphatic rings. The molecule has 0 radical (unpaired) electrons. The Bertz CT molecular complexity index is 641. The van der Waals surface area contributed by atoms with E-state index >= 15 is 0 Å². The first kappa shape index (κ1) is 16.7. The summed E-state index contributed by atoms with van der Waals surface area (Å²) in [5.41, 5.74) is 1.11. The molecule has 1 aromatic carbocycles. The van der Waals surface area contributed by atoms with Crippen LogP contribution >= 0.6 is 0 Å². The molecule has 0 atom stereocenters. The Labute approximate surface area is 136 Å². The van der Waals surface area contributed by atoms with Gasteiger partial charge in [-0.2, -0.15) is 0 Å². The molecule has 0 saturated heterocycles. The van der Waals surface area contributed by atoms with Gasteiger partial charge in [-0.25, -0.2) is 0 Å². The first-order chi connectivity index (χ1) is 11.1. The van der Waals surface area contributed by atoms with Gasteiger partial charge in [-0.3, -0.25) is 4.79 Å². The molecule has 6 heteroatoms. The predicted octanol–water partition coefficient (Wildman–Crippen LogP) is 3.00. The number of ether oxygens (including phenoxy) is 1. The van der Waals surface area contributed by atoms with Gasteiger partial charge in [0.15, 0.2) is 11.5 Å². The molecule has 6 nitrogen and oxygen atoms in total. The molecular weight excluding hydrogens is 292 g/mol. The van der Waals surface area contributed by atoms with Gasteiger partial charge < -0.3 is 15.4 Å². The number of hydrogen-bond acceptors (Lipinski definition) is 5. The zero-order chi connectivity index (χ0) is 16.7. The Kier molecular flexibility index (Phi) is 5.91. The van der Waals surface area contributed by atoms with Crippen LogP contribution in [0.25, 0.3) is 0 Å². The third-order valence-electron chi connectivity index (χ3n) is 3.02. The van der Waals surface area contributed by atoms with E-state index < -0.39 is 0 Å². The smallest absolute Gasteiger partial charge is 0.271 e. The number of nitrogens with zero attached hydrogens (tertiary/aromatic N) is 2. The summed E-state index contributed by atoms with van der Waals surface area (Å²) in [6.45, 7) is 7.20. The molecule has 1 heterocycles. The minimum atomic E-state index is -0.215. The summed E-state index contributed by atoms with van der Waals surface area (Å²) in [4.78, 5) is 11.9. The second-order valence-corrected chi connectivity index (χ2v) is 5.46. The Morgan fingerprint density at radius 2 is 1.96 bits per heavy atom. The number of para-hydroxylation sites is 2. The Morgan fingerprint density at radius 3 is 2.61 bits per heavy atom. The maximum Gasteiger partial charge on any atom is 0.271 e. The summed E-state index contributed by atoms with van der Waals surface area (Å²) in [5, 5.41) is 14.0. The first-order valence-corrected chi connectivity index (χ1v) is 7.71. The third-order valence-corrected chi connectivity index (χ3v) is 3.02. The van der Waals surface area contributed by atoms with E-state index in [-0.39, 0.29) is 5.91 Å². The zero-order valence-corrected chi connectivity index (χ0v) is 13.7. The van der Waals surface area contributed by atoms with Crippen molar-refractivity contribution in [3.05, 3.63) is 42.1 Å². The van der Waals surface area contributed by atoms with Gasteiger partial charge in [0.1, 0.15) is 5.75 Å². The molecule has 0 aliphatic carbocycles. The van der Waals surface area contributed by atoms with Gasteiger partial charge in [0.2, 0.25) is 0 Å². The van der Waals surface area contributed by atoms with E-state index in [2.05, 4.69) is 20.8 Å². The van der Waals surface area contributed by atoms with Gasteiger partial charge in [-0.15, -0.1) is 10.2 Å². The SMILES string of the molecule is CCOc1ccccc1Nc1ccc(C(=O)NCC(C)C)nn1. The van der Waals surface area contributed by atoms with Crippen LogP contribution in [0.1, 0.15) is 31.3 Å². The predicted molar refractivity (Wildman–Crippen MR) is 90.1 cm³/mol. The Hall–Kier alpha value is -2.63. The highest BCUT2D eigenvalue weighted by Crippen LogP contribution is 2.26. The molecule has 2 rings (SSSR count). The van der Waals surface area contributed by atoms with Crippen molar-refractivity contribution >= 4 is 17.4 Å². The largest absolute Gasteiger partial charge is 0.492 e. The fourth-order valence-electron chi connectivity index (χ4n) is 1.90. The number of carbonyl (C=O) groups is 1. The molecule has 1 amide bonds. The van der Waals surface area contributed by atoms with Crippen molar-refractivity contribution in [2.24, 2.45) is 5.92 Å². The van der Waals surface area contributed by atoms with Crippen LogP contribution in [0.2, 0.25) is 0 Å². The van der Waals surface area contributed by atoms with E-state index in [1.165, 1.54) is 0 Å². The molecule has 2 N–H and O–H groups in total. The van der Waals surface area contributed by atoms with Gasteiger partial charge >= 0.3 is 0 Å². The third kappa shape index (κ3) is 4.95. The fourth-order valence-corrected chi connectivity index (χ4v) is 1.90. The molecule has 2 aromatic rings. The van der Waals surface area contributed by atoms with Crippen molar-refractivity contribution in [1.82, 2.24) is 15.5 Å². The summed E-state index contributed by atoms with van der Waals surface area (Å²) in [6.07, 6.45) is 0. The molecule has 0 saturated carbocycles. The average Bonchev–Trinajstić information content (AvgIpc) is 2.55. The van der Waals surface area contributed by atoms with Crippen LogP contribution in [-0.4, -0.2) is 29.3 Å². The van der Waals surface area contributed by atoms with E-state index in [0.717, 1.165) is 11.4 Å². The zero-order valence-electron chi connectivity index (χ0n) is 13.7.